The number of ether oxygens (including phenoxy) is 1. The Morgan fingerprint density at radius 2 is 1.70 bits per heavy atom. The molecule has 1 saturated heterocycles. The maximum absolute atomic E-state index is 15.0. The van der Waals surface area contributed by atoms with Crippen molar-refractivity contribution in [2.75, 3.05) is 4.90 Å². The van der Waals surface area contributed by atoms with Gasteiger partial charge in [0.2, 0.25) is 5.72 Å². The number of allylic oxidation sites excluding steroid dienone is 3. The van der Waals surface area contributed by atoms with Gasteiger partial charge in [0.05, 0.1) is 5.38 Å². The van der Waals surface area contributed by atoms with E-state index in [1.165, 1.54) is 30.4 Å². The summed E-state index contributed by atoms with van der Waals surface area (Å²) in [6.45, 7) is 0.592. The van der Waals surface area contributed by atoms with Gasteiger partial charge in [0.1, 0.15) is 5.75 Å². The number of hydrogen-bond acceptors (Lipinski definition) is 3. The second-order valence-corrected chi connectivity index (χ2v) is 9.48. The summed E-state index contributed by atoms with van der Waals surface area (Å²) in [7, 11) is 0. The Labute approximate surface area is 217 Å². The van der Waals surface area contributed by atoms with Crippen molar-refractivity contribution in [2.45, 2.75) is 42.5 Å². The summed E-state index contributed by atoms with van der Waals surface area (Å²) in [6, 6.07) is 7.01. The van der Waals surface area contributed by atoms with E-state index in [0.717, 1.165) is 30.3 Å². The highest BCUT2D eigenvalue weighted by atomic mass is 35.5. The summed E-state index contributed by atoms with van der Waals surface area (Å²) in [5.41, 5.74) is -7.72. The highest BCUT2D eigenvalue weighted by Gasteiger charge is 2.77. The molecule has 2 aromatic rings. The Morgan fingerprint density at radius 1 is 1.05 bits per heavy atom. The van der Waals surface area contributed by atoms with Gasteiger partial charge < -0.3 is 9.84 Å². The van der Waals surface area contributed by atoms with Crippen LogP contribution in [0.1, 0.15) is 18.9 Å². The topological polar surface area (TPSA) is 53.0 Å². The van der Waals surface area contributed by atoms with Gasteiger partial charge in [-0.1, -0.05) is 35.9 Å². The first-order chi connectivity index (χ1) is 17.1. The van der Waals surface area contributed by atoms with Crippen LogP contribution in [0.25, 0.3) is 0 Å². The Hall–Kier alpha value is -2.89. The number of halogens is 8. The Balaban J connectivity index is 2.01. The molecule has 3 atom stereocenters. The number of rotatable bonds is 4. The fourth-order valence-electron chi connectivity index (χ4n) is 4.45. The molecule has 1 aliphatic heterocycles. The van der Waals surface area contributed by atoms with E-state index in [-0.39, 0.29) is 22.8 Å². The van der Waals surface area contributed by atoms with Crippen molar-refractivity contribution in [1.82, 2.24) is 4.90 Å². The molecule has 0 saturated carbocycles. The van der Waals surface area contributed by atoms with Gasteiger partial charge in [-0.15, -0.1) is 24.8 Å². The van der Waals surface area contributed by atoms with Crippen LogP contribution < -0.4 is 9.64 Å². The first-order valence-electron chi connectivity index (χ1n) is 10.7. The molecule has 2 unspecified atom stereocenters. The summed E-state index contributed by atoms with van der Waals surface area (Å²) in [5.74, 6) is -0.880. The van der Waals surface area contributed by atoms with Gasteiger partial charge in [-0.2, -0.15) is 13.2 Å². The lowest BCUT2D eigenvalue weighted by Crippen LogP contribution is -2.65. The average Bonchev–Trinajstić information content (AvgIpc) is 2.98. The van der Waals surface area contributed by atoms with Crippen LogP contribution in [0.2, 0.25) is 5.02 Å². The lowest BCUT2D eigenvalue weighted by molar-refractivity contribution is -0.275. The van der Waals surface area contributed by atoms with Crippen LogP contribution in [0.15, 0.2) is 72.5 Å². The predicted molar refractivity (Wildman–Crippen MR) is 124 cm³/mol. The molecule has 13 heteroatoms. The van der Waals surface area contributed by atoms with Crippen molar-refractivity contribution >= 4 is 34.9 Å². The highest BCUT2D eigenvalue weighted by Crippen LogP contribution is 2.57. The monoisotopic (exact) mass is 566 g/mol. The molecule has 37 heavy (non-hydrogen) atoms. The molecule has 0 spiro atoms. The quantitative estimate of drug-likeness (QED) is 0.317. The molecule has 2 aliphatic rings. The van der Waals surface area contributed by atoms with Crippen LogP contribution >= 0.6 is 23.2 Å². The second-order valence-electron chi connectivity index (χ2n) is 8.49. The fourth-order valence-corrected chi connectivity index (χ4v) is 4.74. The molecule has 198 valence electrons. The number of nitrogens with zero attached hydrogens (tertiary/aromatic N) is 2. The minimum atomic E-state index is -5.30. The van der Waals surface area contributed by atoms with Crippen molar-refractivity contribution < 1.29 is 41.0 Å². The molecular weight excluding hydrogens is 549 g/mol. The number of carbonyl (C=O) groups is 1. The number of urea groups is 1. The molecule has 1 N–H and O–H groups in total. The molecule has 0 bridgehead atoms. The van der Waals surface area contributed by atoms with Crippen LogP contribution in [0.5, 0.6) is 5.75 Å². The Kier molecular flexibility index (Phi) is 6.71. The van der Waals surface area contributed by atoms with E-state index in [0.29, 0.717) is 22.8 Å². The van der Waals surface area contributed by atoms with Gasteiger partial charge >= 0.3 is 18.6 Å². The minimum Gasteiger partial charge on any atom is -0.406 e. The second kappa shape index (κ2) is 9.14. The SMILES string of the molecule is C[C@@]1(C(F)(F)F)N(c2ccc(Cl)cc2)C(=O)N(C2=CCC(Cl)C=C2)C1(O)c1cccc(OC(F)(F)F)c1. The van der Waals surface area contributed by atoms with E-state index < -0.39 is 46.5 Å². The largest absolute Gasteiger partial charge is 0.573 e. The zero-order valence-corrected chi connectivity index (χ0v) is 20.3. The van der Waals surface area contributed by atoms with Gasteiger partial charge in [0.25, 0.3) is 0 Å². The minimum absolute atomic E-state index is 0.119. The highest BCUT2D eigenvalue weighted by molar-refractivity contribution is 6.30. The summed E-state index contributed by atoms with van der Waals surface area (Å²) in [6.07, 6.45) is -6.29. The van der Waals surface area contributed by atoms with Crippen LogP contribution in [-0.2, 0) is 5.72 Å². The molecule has 2 aromatic carbocycles. The molecule has 4 rings (SSSR count). The van der Waals surface area contributed by atoms with Crippen LogP contribution in [-0.4, -0.2) is 39.5 Å². The van der Waals surface area contributed by atoms with Crippen LogP contribution in [0.3, 0.4) is 0 Å². The Morgan fingerprint density at radius 3 is 2.24 bits per heavy atom. The third-order valence-corrected chi connectivity index (χ3v) is 6.80. The molecule has 5 nitrogen and oxygen atoms in total. The summed E-state index contributed by atoms with van der Waals surface area (Å²) in [5, 5.41) is 11.7. The van der Waals surface area contributed by atoms with E-state index >= 15 is 13.2 Å². The predicted octanol–water partition coefficient (Wildman–Crippen LogP) is 7.10. The summed E-state index contributed by atoms with van der Waals surface area (Å²) >= 11 is 11.9. The number of amides is 2. The van der Waals surface area contributed by atoms with E-state index in [4.69, 9.17) is 23.2 Å². The van der Waals surface area contributed by atoms with Crippen LogP contribution in [0.4, 0.5) is 36.8 Å². The third-order valence-electron chi connectivity index (χ3n) is 6.23. The first-order valence-corrected chi connectivity index (χ1v) is 11.5. The number of carbonyl (C=O) groups excluding carboxylic acids is 1. The van der Waals surface area contributed by atoms with Gasteiger partial charge in [-0.3, -0.25) is 9.80 Å². The molecule has 0 aromatic heterocycles. The lowest BCUT2D eigenvalue weighted by Gasteiger charge is -2.45. The zero-order valence-electron chi connectivity index (χ0n) is 18.8. The summed E-state index contributed by atoms with van der Waals surface area (Å²) < 4.78 is 87.6. The zero-order chi connectivity index (χ0) is 27.4. The number of benzene rings is 2. The van der Waals surface area contributed by atoms with Crippen molar-refractivity contribution in [3.8, 4) is 5.75 Å². The molecule has 0 radical (unpaired) electrons. The van der Waals surface area contributed by atoms with Crippen molar-refractivity contribution in [1.29, 1.82) is 0 Å². The molecular formula is C24H18Cl2F6N2O3. The number of anilines is 1. The normalized spacial score (nSPS) is 26.5. The number of hydrogen-bond donors (Lipinski definition) is 1. The third kappa shape index (κ3) is 4.53. The van der Waals surface area contributed by atoms with Crippen molar-refractivity contribution in [3.05, 3.63) is 83.0 Å². The van der Waals surface area contributed by atoms with Gasteiger partial charge in [-0.25, -0.2) is 4.79 Å². The molecule has 1 aliphatic carbocycles. The molecule has 1 fully saturated rings. The molecule has 2 amide bonds. The standard InChI is InChI=1S/C24H18Cl2F6N2O3/c1-21(23(27,28)29)22(36,14-3-2-4-19(13-14)37-24(30,31)32)34(18-11-7-16(26)8-12-18)20(35)33(21)17-9-5-15(25)6-10-17/h2-7,9-13,16,36H,8H2,1H3/t16?,21-,22?/m1/s1. The van der Waals surface area contributed by atoms with E-state index in [9.17, 15) is 23.1 Å². The average molecular weight is 567 g/mol. The van der Waals surface area contributed by atoms with Gasteiger partial charge in [-0.05, 0) is 55.8 Å². The maximum atomic E-state index is 15.0. The number of alkyl halides is 7. The van der Waals surface area contributed by atoms with E-state index in [1.807, 2.05) is 0 Å². The van der Waals surface area contributed by atoms with Crippen LogP contribution in [0, 0.1) is 0 Å². The number of aliphatic hydroxyl groups is 1. The van der Waals surface area contributed by atoms with Gasteiger partial charge in [0, 0.05) is 22.0 Å². The maximum Gasteiger partial charge on any atom is 0.573 e. The van der Waals surface area contributed by atoms with Crippen molar-refractivity contribution in [3.63, 3.8) is 0 Å². The van der Waals surface area contributed by atoms with E-state index in [1.54, 1.807) is 0 Å². The smallest absolute Gasteiger partial charge is 0.406 e. The van der Waals surface area contributed by atoms with Gasteiger partial charge in [0.15, 0.2) is 5.54 Å². The van der Waals surface area contributed by atoms with E-state index in [2.05, 4.69) is 4.74 Å². The summed E-state index contributed by atoms with van der Waals surface area (Å²) in [4.78, 5) is 14.6. The lowest BCUT2D eigenvalue weighted by atomic mass is 9.81. The fraction of sp³-hybridized carbons (Fsp3) is 0.292. The van der Waals surface area contributed by atoms with Crippen molar-refractivity contribution in [2.24, 2.45) is 0 Å². The Bertz CT molecular complexity index is 1260. The molecule has 1 heterocycles. The first kappa shape index (κ1) is 27.2.